The van der Waals surface area contributed by atoms with Gasteiger partial charge in [-0.25, -0.2) is 0 Å². The van der Waals surface area contributed by atoms with E-state index in [1.54, 1.807) is 0 Å². The van der Waals surface area contributed by atoms with E-state index in [-0.39, 0.29) is 11.5 Å². The molecule has 0 aliphatic rings. The molecule has 0 amide bonds. The van der Waals surface area contributed by atoms with E-state index in [1.165, 1.54) is 5.57 Å². The second kappa shape index (κ2) is 3.20. The molecule has 1 atom stereocenters. The Morgan fingerprint density at radius 3 is 2.00 bits per heavy atom. The summed E-state index contributed by atoms with van der Waals surface area (Å²) in [7, 11) is 0. The minimum Gasteiger partial charge on any atom is -0.327 e. The van der Waals surface area contributed by atoms with Crippen molar-refractivity contribution in [3.63, 3.8) is 0 Å². The van der Waals surface area contributed by atoms with Crippen LogP contribution in [0.5, 0.6) is 0 Å². The Balaban J connectivity index is 3.85. The third-order valence-electron chi connectivity index (χ3n) is 1.68. The van der Waals surface area contributed by atoms with Crippen LogP contribution < -0.4 is 5.73 Å². The van der Waals surface area contributed by atoms with Gasteiger partial charge in [0.2, 0.25) is 0 Å². The molecule has 0 rings (SSSR count). The third kappa shape index (κ3) is 3.67. The maximum absolute atomic E-state index is 5.89. The SMILES string of the molecule is C=C(C)CC(N)C(C)(C)C. The van der Waals surface area contributed by atoms with Gasteiger partial charge in [0.25, 0.3) is 0 Å². The van der Waals surface area contributed by atoms with Gasteiger partial charge in [0.05, 0.1) is 0 Å². The van der Waals surface area contributed by atoms with Crippen LogP contribution in [-0.2, 0) is 0 Å². The van der Waals surface area contributed by atoms with Gasteiger partial charge >= 0.3 is 0 Å². The van der Waals surface area contributed by atoms with E-state index in [9.17, 15) is 0 Å². The first kappa shape index (κ1) is 9.70. The van der Waals surface area contributed by atoms with E-state index in [1.807, 2.05) is 6.92 Å². The zero-order valence-corrected chi connectivity index (χ0v) is 7.57. The topological polar surface area (TPSA) is 26.0 Å². The molecule has 0 aromatic heterocycles. The zero-order valence-electron chi connectivity index (χ0n) is 7.57. The van der Waals surface area contributed by atoms with Gasteiger partial charge in [0, 0.05) is 6.04 Å². The summed E-state index contributed by atoms with van der Waals surface area (Å²) >= 11 is 0. The van der Waals surface area contributed by atoms with Crippen LogP contribution in [0.3, 0.4) is 0 Å². The van der Waals surface area contributed by atoms with Crippen molar-refractivity contribution in [3.05, 3.63) is 12.2 Å². The van der Waals surface area contributed by atoms with Crippen molar-refractivity contribution in [1.82, 2.24) is 0 Å². The Bertz CT molecular complexity index is 119. The smallest absolute Gasteiger partial charge is 0.0125 e. The first-order valence-corrected chi connectivity index (χ1v) is 3.74. The molecule has 1 heteroatoms. The summed E-state index contributed by atoms with van der Waals surface area (Å²) in [5, 5.41) is 0. The van der Waals surface area contributed by atoms with E-state index in [0.29, 0.717) is 0 Å². The summed E-state index contributed by atoms with van der Waals surface area (Å²) in [5.74, 6) is 0. The average molecular weight is 141 g/mol. The second-order valence-electron chi connectivity index (χ2n) is 4.13. The van der Waals surface area contributed by atoms with Crippen molar-refractivity contribution in [2.45, 2.75) is 40.2 Å². The van der Waals surface area contributed by atoms with Crippen LogP contribution in [0.1, 0.15) is 34.1 Å². The van der Waals surface area contributed by atoms with Gasteiger partial charge in [-0.3, -0.25) is 0 Å². The van der Waals surface area contributed by atoms with Crippen molar-refractivity contribution in [1.29, 1.82) is 0 Å². The fraction of sp³-hybridized carbons (Fsp3) is 0.778. The second-order valence-corrected chi connectivity index (χ2v) is 4.13. The van der Waals surface area contributed by atoms with Gasteiger partial charge in [0.1, 0.15) is 0 Å². The van der Waals surface area contributed by atoms with E-state index >= 15 is 0 Å². The maximum atomic E-state index is 5.89. The molecule has 0 aromatic rings. The van der Waals surface area contributed by atoms with Gasteiger partial charge in [-0.05, 0) is 18.8 Å². The molecule has 10 heavy (non-hydrogen) atoms. The molecule has 0 saturated carbocycles. The van der Waals surface area contributed by atoms with Crippen LogP contribution in [0.4, 0.5) is 0 Å². The summed E-state index contributed by atoms with van der Waals surface area (Å²) in [4.78, 5) is 0. The van der Waals surface area contributed by atoms with Crippen molar-refractivity contribution in [3.8, 4) is 0 Å². The van der Waals surface area contributed by atoms with E-state index in [2.05, 4.69) is 27.4 Å². The van der Waals surface area contributed by atoms with Crippen LogP contribution in [0.25, 0.3) is 0 Å². The lowest BCUT2D eigenvalue weighted by molar-refractivity contribution is 0.318. The molecule has 0 fully saturated rings. The molecule has 1 unspecified atom stereocenters. The normalized spacial score (nSPS) is 14.9. The lowest BCUT2D eigenvalue weighted by Gasteiger charge is -2.26. The molecular formula is C9H19N. The molecule has 0 aromatic carbocycles. The van der Waals surface area contributed by atoms with Crippen molar-refractivity contribution in [2.75, 3.05) is 0 Å². The summed E-state index contributed by atoms with van der Waals surface area (Å²) in [6.07, 6.45) is 0.934. The highest BCUT2D eigenvalue weighted by atomic mass is 14.7. The summed E-state index contributed by atoms with van der Waals surface area (Å²) in [5.41, 5.74) is 7.27. The minimum absolute atomic E-state index is 0.207. The molecule has 0 aliphatic heterocycles. The fourth-order valence-corrected chi connectivity index (χ4v) is 0.682. The molecule has 0 heterocycles. The standard InChI is InChI=1S/C9H19N/c1-7(2)6-8(10)9(3,4)5/h8H,1,6,10H2,2-5H3. The van der Waals surface area contributed by atoms with Crippen LogP contribution in [0, 0.1) is 5.41 Å². The predicted octanol–water partition coefficient (Wildman–Crippen LogP) is 2.33. The van der Waals surface area contributed by atoms with Crippen LogP contribution in [0.15, 0.2) is 12.2 Å². The minimum atomic E-state index is 0.207. The molecule has 0 radical (unpaired) electrons. The molecule has 0 saturated heterocycles. The molecule has 1 nitrogen and oxygen atoms in total. The fourth-order valence-electron chi connectivity index (χ4n) is 0.682. The van der Waals surface area contributed by atoms with Gasteiger partial charge in [-0.2, -0.15) is 0 Å². The monoisotopic (exact) mass is 141 g/mol. The first-order valence-electron chi connectivity index (χ1n) is 3.74. The van der Waals surface area contributed by atoms with Crippen molar-refractivity contribution >= 4 is 0 Å². The Morgan fingerprint density at radius 2 is 1.90 bits per heavy atom. The lowest BCUT2D eigenvalue weighted by atomic mass is 9.84. The van der Waals surface area contributed by atoms with E-state index in [4.69, 9.17) is 5.73 Å². The Hall–Kier alpha value is -0.300. The molecule has 60 valence electrons. The van der Waals surface area contributed by atoms with Gasteiger partial charge in [-0.15, -0.1) is 6.58 Å². The quantitative estimate of drug-likeness (QED) is 0.587. The Labute approximate surface area is 64.3 Å². The summed E-state index contributed by atoms with van der Waals surface area (Å²) in [6, 6.07) is 0.241. The van der Waals surface area contributed by atoms with Gasteiger partial charge < -0.3 is 5.73 Å². The average Bonchev–Trinajstić information content (AvgIpc) is 1.60. The Morgan fingerprint density at radius 1 is 1.50 bits per heavy atom. The molecule has 2 N–H and O–H groups in total. The van der Waals surface area contributed by atoms with Crippen LogP contribution in [-0.4, -0.2) is 6.04 Å². The molecule has 0 aliphatic carbocycles. The van der Waals surface area contributed by atoms with Crippen LogP contribution >= 0.6 is 0 Å². The summed E-state index contributed by atoms with van der Waals surface area (Å²) in [6.45, 7) is 12.3. The number of hydrogen-bond donors (Lipinski definition) is 1. The molecule has 0 bridgehead atoms. The molecule has 0 spiro atoms. The highest BCUT2D eigenvalue weighted by molar-refractivity contribution is 4.95. The third-order valence-corrected chi connectivity index (χ3v) is 1.68. The summed E-state index contributed by atoms with van der Waals surface area (Å²) < 4.78 is 0. The van der Waals surface area contributed by atoms with Crippen LogP contribution in [0.2, 0.25) is 0 Å². The number of hydrogen-bond acceptors (Lipinski definition) is 1. The first-order chi connectivity index (χ1) is 4.34. The zero-order chi connectivity index (χ0) is 8.36. The highest BCUT2D eigenvalue weighted by Gasteiger charge is 2.19. The van der Waals surface area contributed by atoms with E-state index in [0.717, 1.165) is 6.42 Å². The van der Waals surface area contributed by atoms with Crippen molar-refractivity contribution in [2.24, 2.45) is 11.1 Å². The lowest BCUT2D eigenvalue weighted by Crippen LogP contribution is -2.34. The molecular weight excluding hydrogens is 122 g/mol. The highest BCUT2D eigenvalue weighted by Crippen LogP contribution is 2.21. The number of rotatable bonds is 2. The van der Waals surface area contributed by atoms with Gasteiger partial charge in [0.15, 0.2) is 0 Å². The van der Waals surface area contributed by atoms with Crippen molar-refractivity contribution < 1.29 is 0 Å². The predicted molar refractivity (Wildman–Crippen MR) is 46.9 cm³/mol. The maximum Gasteiger partial charge on any atom is 0.0125 e. The van der Waals surface area contributed by atoms with E-state index < -0.39 is 0 Å². The Kier molecular flexibility index (Phi) is 3.10. The largest absolute Gasteiger partial charge is 0.327 e. The number of nitrogens with two attached hydrogens (primary N) is 1. The van der Waals surface area contributed by atoms with Gasteiger partial charge in [-0.1, -0.05) is 26.3 Å².